The molecule has 164 valence electrons. The standard InChI is InChI=1S/C20H22ClFN6O3/c1-24-18-17(19(30)25(2)20(24)31)28(12-23-18)11-16(29)27-8-6-26(7-9-27)10-13-14(21)4-3-5-15(13)22/h3-5,12H,6-11H2,1-2H3. The van der Waals surface area contributed by atoms with Gasteiger partial charge < -0.3 is 9.47 Å². The van der Waals surface area contributed by atoms with Crippen LogP contribution in [-0.4, -0.2) is 60.6 Å². The first kappa shape index (κ1) is 21.3. The molecule has 1 saturated heterocycles. The predicted molar refractivity (Wildman–Crippen MR) is 113 cm³/mol. The maximum atomic E-state index is 14.0. The van der Waals surface area contributed by atoms with E-state index in [0.717, 1.165) is 4.57 Å². The van der Waals surface area contributed by atoms with Crippen molar-refractivity contribution >= 4 is 28.7 Å². The van der Waals surface area contributed by atoms with E-state index in [0.29, 0.717) is 43.3 Å². The fourth-order valence-corrected chi connectivity index (χ4v) is 4.05. The minimum atomic E-state index is -0.491. The second-order valence-electron chi connectivity index (χ2n) is 7.61. The SMILES string of the molecule is Cn1c(=O)c2c(ncn2CC(=O)N2CCN(Cc3c(F)cccc3Cl)CC2)n(C)c1=O. The first-order valence-corrected chi connectivity index (χ1v) is 10.2. The number of imidazole rings is 1. The predicted octanol–water partition coefficient (Wildman–Crippen LogP) is 0.571. The summed E-state index contributed by atoms with van der Waals surface area (Å²) >= 11 is 6.11. The third-order valence-corrected chi connectivity index (χ3v) is 6.05. The van der Waals surface area contributed by atoms with Gasteiger partial charge in [-0.3, -0.25) is 23.6 Å². The Hall–Kier alpha value is -2.98. The number of benzene rings is 1. The average Bonchev–Trinajstić information content (AvgIpc) is 3.17. The van der Waals surface area contributed by atoms with Crippen LogP contribution in [0.5, 0.6) is 0 Å². The highest BCUT2D eigenvalue weighted by Crippen LogP contribution is 2.21. The Morgan fingerprint density at radius 1 is 1.13 bits per heavy atom. The summed E-state index contributed by atoms with van der Waals surface area (Å²) in [6, 6.07) is 4.62. The summed E-state index contributed by atoms with van der Waals surface area (Å²) < 4.78 is 17.8. The number of halogens is 2. The molecule has 0 saturated carbocycles. The highest BCUT2D eigenvalue weighted by molar-refractivity contribution is 6.31. The van der Waals surface area contributed by atoms with Gasteiger partial charge in [-0.15, -0.1) is 0 Å². The number of amides is 1. The van der Waals surface area contributed by atoms with Crippen molar-refractivity contribution in [1.29, 1.82) is 0 Å². The van der Waals surface area contributed by atoms with Gasteiger partial charge in [-0.1, -0.05) is 17.7 Å². The average molecular weight is 449 g/mol. The molecule has 3 aromatic rings. The highest BCUT2D eigenvalue weighted by Gasteiger charge is 2.24. The summed E-state index contributed by atoms with van der Waals surface area (Å²) in [5.41, 5.74) is -0.0521. The number of rotatable bonds is 4. The lowest BCUT2D eigenvalue weighted by Gasteiger charge is -2.35. The molecule has 9 nitrogen and oxygen atoms in total. The summed E-state index contributed by atoms with van der Waals surface area (Å²) in [5.74, 6) is -0.493. The van der Waals surface area contributed by atoms with Crippen molar-refractivity contribution in [1.82, 2.24) is 28.5 Å². The Bertz CT molecular complexity index is 1250. The number of aromatic nitrogens is 4. The number of aryl methyl sites for hydroxylation is 1. The van der Waals surface area contributed by atoms with Crippen LogP contribution in [0.1, 0.15) is 5.56 Å². The van der Waals surface area contributed by atoms with Crippen molar-refractivity contribution in [2.24, 2.45) is 14.1 Å². The van der Waals surface area contributed by atoms with Crippen molar-refractivity contribution in [2.45, 2.75) is 13.1 Å². The molecule has 1 amide bonds. The minimum absolute atomic E-state index is 0.0525. The van der Waals surface area contributed by atoms with Crippen LogP contribution in [0.3, 0.4) is 0 Å². The summed E-state index contributed by atoms with van der Waals surface area (Å²) in [4.78, 5) is 45.3. The van der Waals surface area contributed by atoms with Crippen LogP contribution < -0.4 is 11.2 Å². The highest BCUT2D eigenvalue weighted by atomic mass is 35.5. The number of hydrogen-bond acceptors (Lipinski definition) is 5. The van der Waals surface area contributed by atoms with E-state index < -0.39 is 11.2 Å². The van der Waals surface area contributed by atoms with Crippen LogP contribution >= 0.6 is 11.6 Å². The van der Waals surface area contributed by atoms with E-state index in [9.17, 15) is 18.8 Å². The molecule has 0 bridgehead atoms. The third-order valence-electron chi connectivity index (χ3n) is 5.69. The zero-order valence-corrected chi connectivity index (χ0v) is 18.0. The molecule has 0 radical (unpaired) electrons. The zero-order valence-electron chi connectivity index (χ0n) is 17.2. The quantitative estimate of drug-likeness (QED) is 0.582. The van der Waals surface area contributed by atoms with Gasteiger partial charge in [-0.05, 0) is 12.1 Å². The summed E-state index contributed by atoms with van der Waals surface area (Å²) in [7, 11) is 2.93. The molecule has 0 spiro atoms. The molecule has 0 N–H and O–H groups in total. The van der Waals surface area contributed by atoms with Gasteiger partial charge in [-0.25, -0.2) is 14.2 Å². The second-order valence-corrected chi connectivity index (χ2v) is 8.01. The van der Waals surface area contributed by atoms with Gasteiger partial charge in [0.05, 0.1) is 6.33 Å². The molecule has 2 aromatic heterocycles. The Morgan fingerprint density at radius 2 is 1.84 bits per heavy atom. The van der Waals surface area contributed by atoms with Gasteiger partial charge in [0.1, 0.15) is 12.4 Å². The van der Waals surface area contributed by atoms with Crippen molar-refractivity contribution in [3.63, 3.8) is 0 Å². The van der Waals surface area contributed by atoms with Crippen molar-refractivity contribution in [3.8, 4) is 0 Å². The molecule has 1 aromatic carbocycles. The lowest BCUT2D eigenvalue weighted by atomic mass is 10.2. The topological polar surface area (TPSA) is 85.4 Å². The molecular formula is C20H22ClFN6O3. The Balaban J connectivity index is 1.44. The number of nitrogens with zero attached hydrogens (tertiary/aromatic N) is 6. The zero-order chi connectivity index (χ0) is 22.3. The van der Waals surface area contributed by atoms with E-state index in [1.807, 2.05) is 4.90 Å². The van der Waals surface area contributed by atoms with Crippen molar-refractivity contribution < 1.29 is 9.18 Å². The monoisotopic (exact) mass is 448 g/mol. The van der Waals surface area contributed by atoms with Crippen LogP contribution in [0.15, 0.2) is 34.1 Å². The van der Waals surface area contributed by atoms with Gasteiger partial charge in [0.25, 0.3) is 5.56 Å². The van der Waals surface area contributed by atoms with E-state index in [4.69, 9.17) is 11.6 Å². The Labute approximate surface area is 181 Å². The smallest absolute Gasteiger partial charge is 0.332 e. The van der Waals surface area contributed by atoms with Crippen LogP contribution in [0, 0.1) is 5.82 Å². The van der Waals surface area contributed by atoms with Gasteiger partial charge in [0.15, 0.2) is 11.2 Å². The fraction of sp³-hybridized carbons (Fsp3) is 0.400. The van der Waals surface area contributed by atoms with Crippen molar-refractivity contribution in [3.05, 3.63) is 61.8 Å². The number of hydrogen-bond donors (Lipinski definition) is 0. The van der Waals surface area contributed by atoms with E-state index in [2.05, 4.69) is 4.98 Å². The van der Waals surface area contributed by atoms with Gasteiger partial charge in [0, 0.05) is 57.4 Å². The van der Waals surface area contributed by atoms with E-state index in [1.165, 1.54) is 35.6 Å². The second kappa shape index (κ2) is 8.27. The van der Waals surface area contributed by atoms with E-state index in [-0.39, 0.29) is 29.4 Å². The molecule has 1 aliphatic heterocycles. The normalized spacial score (nSPS) is 15.0. The number of carbonyl (C=O) groups is 1. The number of fused-ring (bicyclic) bond motifs is 1. The van der Waals surface area contributed by atoms with E-state index in [1.54, 1.807) is 17.0 Å². The molecule has 1 fully saturated rings. The van der Waals surface area contributed by atoms with Gasteiger partial charge in [-0.2, -0.15) is 0 Å². The summed E-state index contributed by atoms with van der Waals surface area (Å²) in [5, 5.41) is 0.390. The third kappa shape index (κ3) is 3.88. The maximum absolute atomic E-state index is 14.0. The minimum Gasteiger partial charge on any atom is -0.339 e. The Kier molecular flexibility index (Phi) is 5.67. The number of carbonyl (C=O) groups excluding carboxylic acids is 1. The van der Waals surface area contributed by atoms with Crippen LogP contribution in [-0.2, 0) is 32.0 Å². The van der Waals surface area contributed by atoms with Crippen LogP contribution in [0.25, 0.3) is 11.2 Å². The van der Waals surface area contributed by atoms with Gasteiger partial charge in [0.2, 0.25) is 5.91 Å². The van der Waals surface area contributed by atoms with Crippen LogP contribution in [0.4, 0.5) is 4.39 Å². The molecule has 11 heteroatoms. The number of piperazine rings is 1. The lowest BCUT2D eigenvalue weighted by Crippen LogP contribution is -2.49. The maximum Gasteiger partial charge on any atom is 0.332 e. The molecule has 0 atom stereocenters. The molecule has 3 heterocycles. The largest absolute Gasteiger partial charge is 0.339 e. The molecule has 4 rings (SSSR count). The summed E-state index contributed by atoms with van der Waals surface area (Å²) in [6.45, 7) is 2.45. The van der Waals surface area contributed by atoms with Crippen LogP contribution in [0.2, 0.25) is 5.02 Å². The molecule has 0 unspecified atom stereocenters. The first-order chi connectivity index (χ1) is 14.8. The lowest BCUT2D eigenvalue weighted by molar-refractivity contribution is -0.133. The molecule has 1 aliphatic rings. The van der Waals surface area contributed by atoms with Crippen molar-refractivity contribution in [2.75, 3.05) is 26.2 Å². The molecule has 31 heavy (non-hydrogen) atoms. The fourth-order valence-electron chi connectivity index (χ4n) is 3.82. The molecular weight excluding hydrogens is 427 g/mol. The Morgan fingerprint density at radius 3 is 2.52 bits per heavy atom. The van der Waals surface area contributed by atoms with E-state index >= 15 is 0 Å². The van der Waals surface area contributed by atoms with Gasteiger partial charge >= 0.3 is 5.69 Å². The first-order valence-electron chi connectivity index (χ1n) is 9.81. The summed E-state index contributed by atoms with van der Waals surface area (Å²) in [6.07, 6.45) is 1.40. The molecule has 0 aliphatic carbocycles.